The van der Waals surface area contributed by atoms with E-state index in [1.807, 2.05) is 24.3 Å². The third-order valence-electron chi connectivity index (χ3n) is 4.53. The van der Waals surface area contributed by atoms with Crippen molar-refractivity contribution < 1.29 is 0 Å². The number of nitrogens with one attached hydrogen (secondary N) is 1. The van der Waals surface area contributed by atoms with Crippen LogP contribution < -0.4 is 11.1 Å². The van der Waals surface area contributed by atoms with Gasteiger partial charge in [0.2, 0.25) is 0 Å². The third-order valence-corrected chi connectivity index (χ3v) is 4.78. The maximum absolute atomic E-state index is 6.09. The van der Waals surface area contributed by atoms with E-state index in [1.165, 1.54) is 19.5 Å². The number of nitrogens with two attached hydrogens (primary N) is 1. The summed E-state index contributed by atoms with van der Waals surface area (Å²) in [6.07, 6.45) is 2.40. The van der Waals surface area contributed by atoms with E-state index >= 15 is 0 Å². The van der Waals surface area contributed by atoms with Gasteiger partial charge in [0, 0.05) is 30.3 Å². The van der Waals surface area contributed by atoms with E-state index in [9.17, 15) is 0 Å². The fraction of sp³-hybridized carbons (Fsp3) is 0.571. The molecule has 1 aromatic carbocycles. The molecule has 2 aliphatic heterocycles. The van der Waals surface area contributed by atoms with Crippen molar-refractivity contribution in [2.75, 3.05) is 31.5 Å². The highest BCUT2D eigenvalue weighted by Crippen LogP contribution is 2.37. The van der Waals surface area contributed by atoms with E-state index in [1.54, 1.807) is 0 Å². The number of hydrogen-bond acceptors (Lipinski definition) is 3. The third kappa shape index (κ3) is 2.11. The average molecular weight is 266 g/mol. The lowest BCUT2D eigenvalue weighted by molar-refractivity contribution is 0.190. The SMILES string of the molecule is NCC1(Nc2ccc(Cl)cc2)CCN2CCC1C2. The van der Waals surface area contributed by atoms with Gasteiger partial charge in [-0.05, 0) is 49.6 Å². The predicted octanol–water partition coefficient (Wildman–Crippen LogP) is 2.17. The summed E-state index contributed by atoms with van der Waals surface area (Å²) in [5, 5.41) is 4.46. The van der Waals surface area contributed by atoms with Crippen molar-refractivity contribution in [3.8, 4) is 0 Å². The molecule has 98 valence electrons. The molecule has 2 bridgehead atoms. The molecule has 2 heterocycles. The van der Waals surface area contributed by atoms with Crippen LogP contribution in [0.4, 0.5) is 5.69 Å². The molecule has 0 amide bonds. The van der Waals surface area contributed by atoms with E-state index in [-0.39, 0.29) is 5.54 Å². The highest BCUT2D eigenvalue weighted by atomic mass is 35.5. The van der Waals surface area contributed by atoms with Crippen LogP contribution >= 0.6 is 11.6 Å². The first kappa shape index (κ1) is 12.3. The maximum Gasteiger partial charge on any atom is 0.0548 e. The molecule has 3 N–H and O–H groups in total. The quantitative estimate of drug-likeness (QED) is 0.880. The molecule has 2 fully saturated rings. The standard InChI is InChI=1S/C14H20ClN3/c15-12-1-3-13(4-2-12)17-14(10-16)6-8-18-7-5-11(14)9-18/h1-4,11,17H,5-10,16H2. The maximum atomic E-state index is 6.09. The Bertz CT molecular complexity index is 420. The molecule has 3 nitrogen and oxygen atoms in total. The van der Waals surface area contributed by atoms with Crippen LogP contribution in [0.5, 0.6) is 0 Å². The molecule has 2 aliphatic rings. The molecule has 0 saturated carbocycles. The van der Waals surface area contributed by atoms with Crippen LogP contribution in [-0.4, -0.2) is 36.6 Å². The molecule has 18 heavy (non-hydrogen) atoms. The smallest absolute Gasteiger partial charge is 0.0548 e. The van der Waals surface area contributed by atoms with Gasteiger partial charge >= 0.3 is 0 Å². The zero-order valence-corrected chi connectivity index (χ0v) is 11.3. The van der Waals surface area contributed by atoms with E-state index in [0.29, 0.717) is 12.5 Å². The number of benzene rings is 1. The van der Waals surface area contributed by atoms with Crippen LogP contribution in [0.3, 0.4) is 0 Å². The molecule has 3 unspecified atom stereocenters. The molecule has 0 spiro atoms. The fourth-order valence-electron chi connectivity index (χ4n) is 3.35. The minimum absolute atomic E-state index is 0.0703. The number of rotatable bonds is 3. The Morgan fingerprint density at radius 3 is 2.83 bits per heavy atom. The van der Waals surface area contributed by atoms with Gasteiger partial charge in [0.25, 0.3) is 0 Å². The lowest BCUT2D eigenvalue weighted by Crippen LogP contribution is -2.56. The second-order valence-corrected chi connectivity index (χ2v) is 5.96. The summed E-state index contributed by atoms with van der Waals surface area (Å²) in [5.74, 6) is 0.673. The van der Waals surface area contributed by atoms with Gasteiger partial charge in [-0.15, -0.1) is 0 Å². The van der Waals surface area contributed by atoms with Gasteiger partial charge in [0.1, 0.15) is 0 Å². The Morgan fingerprint density at radius 2 is 2.11 bits per heavy atom. The molecule has 2 saturated heterocycles. The van der Waals surface area contributed by atoms with Crippen molar-refractivity contribution >= 4 is 17.3 Å². The Hall–Kier alpha value is -0.770. The summed E-state index contributed by atoms with van der Waals surface area (Å²) in [4.78, 5) is 2.54. The molecule has 3 rings (SSSR count). The number of piperidine rings is 1. The summed E-state index contributed by atoms with van der Waals surface area (Å²) < 4.78 is 0. The number of anilines is 1. The van der Waals surface area contributed by atoms with Gasteiger partial charge in [-0.25, -0.2) is 0 Å². The number of fused-ring (bicyclic) bond motifs is 2. The van der Waals surface area contributed by atoms with Gasteiger partial charge in [-0.2, -0.15) is 0 Å². The van der Waals surface area contributed by atoms with Crippen molar-refractivity contribution in [2.45, 2.75) is 18.4 Å². The summed E-state index contributed by atoms with van der Waals surface area (Å²) in [5.41, 5.74) is 7.29. The highest BCUT2D eigenvalue weighted by Gasteiger charge is 2.45. The number of halogens is 1. The lowest BCUT2D eigenvalue weighted by atomic mass is 9.78. The Kier molecular flexibility index (Phi) is 3.22. The van der Waals surface area contributed by atoms with Crippen molar-refractivity contribution in [1.82, 2.24) is 4.90 Å². The van der Waals surface area contributed by atoms with E-state index < -0.39 is 0 Å². The molecule has 0 aromatic heterocycles. The predicted molar refractivity (Wildman–Crippen MR) is 76.0 cm³/mol. The van der Waals surface area contributed by atoms with Crippen LogP contribution in [0.15, 0.2) is 24.3 Å². The minimum atomic E-state index is 0.0703. The Morgan fingerprint density at radius 1 is 1.33 bits per heavy atom. The average Bonchev–Trinajstić information content (AvgIpc) is 2.81. The Labute approximate surface area is 113 Å². The van der Waals surface area contributed by atoms with Crippen LogP contribution in [0.1, 0.15) is 12.8 Å². The van der Waals surface area contributed by atoms with Crippen molar-refractivity contribution in [2.24, 2.45) is 11.7 Å². The van der Waals surface area contributed by atoms with Crippen molar-refractivity contribution in [3.63, 3.8) is 0 Å². The second-order valence-electron chi connectivity index (χ2n) is 5.53. The van der Waals surface area contributed by atoms with E-state index in [4.69, 9.17) is 17.3 Å². The minimum Gasteiger partial charge on any atom is -0.378 e. The largest absolute Gasteiger partial charge is 0.378 e. The summed E-state index contributed by atoms with van der Waals surface area (Å²) in [6.45, 7) is 4.29. The zero-order valence-electron chi connectivity index (χ0n) is 10.5. The van der Waals surface area contributed by atoms with Crippen LogP contribution in [0.2, 0.25) is 5.02 Å². The zero-order chi connectivity index (χ0) is 12.6. The van der Waals surface area contributed by atoms with E-state index in [2.05, 4.69) is 10.2 Å². The first-order chi connectivity index (χ1) is 8.72. The van der Waals surface area contributed by atoms with Crippen LogP contribution in [0, 0.1) is 5.92 Å². The van der Waals surface area contributed by atoms with Gasteiger partial charge in [0.15, 0.2) is 0 Å². The van der Waals surface area contributed by atoms with Crippen molar-refractivity contribution in [3.05, 3.63) is 29.3 Å². The first-order valence-electron chi connectivity index (χ1n) is 6.68. The molecule has 0 radical (unpaired) electrons. The number of nitrogens with zero attached hydrogens (tertiary/aromatic N) is 1. The molecule has 1 aromatic rings. The normalized spacial score (nSPS) is 34.6. The number of hydrogen-bond donors (Lipinski definition) is 2. The monoisotopic (exact) mass is 265 g/mol. The first-order valence-corrected chi connectivity index (χ1v) is 7.06. The Balaban J connectivity index is 1.81. The molecular weight excluding hydrogens is 246 g/mol. The van der Waals surface area contributed by atoms with Gasteiger partial charge in [-0.1, -0.05) is 11.6 Å². The van der Waals surface area contributed by atoms with Crippen molar-refractivity contribution in [1.29, 1.82) is 0 Å². The highest BCUT2D eigenvalue weighted by molar-refractivity contribution is 6.30. The molecule has 4 heteroatoms. The lowest BCUT2D eigenvalue weighted by Gasteiger charge is -2.43. The van der Waals surface area contributed by atoms with Gasteiger partial charge < -0.3 is 16.0 Å². The molecule has 0 aliphatic carbocycles. The molecule has 3 atom stereocenters. The summed E-state index contributed by atoms with van der Waals surface area (Å²) >= 11 is 5.93. The van der Waals surface area contributed by atoms with Gasteiger partial charge in [0.05, 0.1) is 5.54 Å². The summed E-state index contributed by atoms with van der Waals surface area (Å²) in [7, 11) is 0. The van der Waals surface area contributed by atoms with Crippen LogP contribution in [0.25, 0.3) is 0 Å². The fourth-order valence-corrected chi connectivity index (χ4v) is 3.48. The van der Waals surface area contributed by atoms with E-state index in [0.717, 1.165) is 23.7 Å². The molecular formula is C14H20ClN3. The van der Waals surface area contributed by atoms with Gasteiger partial charge in [-0.3, -0.25) is 0 Å². The summed E-state index contributed by atoms with van der Waals surface area (Å²) in [6, 6.07) is 7.94. The topological polar surface area (TPSA) is 41.3 Å². The second kappa shape index (κ2) is 4.72. The van der Waals surface area contributed by atoms with Crippen LogP contribution in [-0.2, 0) is 0 Å².